The highest BCUT2D eigenvalue weighted by atomic mass is 16.5. The lowest BCUT2D eigenvalue weighted by Gasteiger charge is -2.09. The molecule has 0 atom stereocenters. The van der Waals surface area contributed by atoms with Crippen LogP contribution in [0.5, 0.6) is 0 Å². The van der Waals surface area contributed by atoms with Crippen LogP contribution < -0.4 is 11.1 Å². The van der Waals surface area contributed by atoms with Crippen molar-refractivity contribution in [1.29, 1.82) is 0 Å². The molecule has 0 radical (unpaired) electrons. The van der Waals surface area contributed by atoms with E-state index in [-0.39, 0.29) is 0 Å². The summed E-state index contributed by atoms with van der Waals surface area (Å²) < 4.78 is 4.97. The number of hydrogen-bond acceptors (Lipinski definition) is 6. The summed E-state index contributed by atoms with van der Waals surface area (Å²) in [7, 11) is 0. The number of hydrogen-bond donors (Lipinski definition) is 2. The zero-order valence-electron chi connectivity index (χ0n) is 8.97. The van der Waals surface area contributed by atoms with Crippen LogP contribution in [0.4, 0.5) is 11.6 Å². The molecular formula is C10H13N5O. The van der Waals surface area contributed by atoms with Gasteiger partial charge in [-0.05, 0) is 6.42 Å². The van der Waals surface area contributed by atoms with Gasteiger partial charge in [-0.2, -0.15) is 0 Å². The van der Waals surface area contributed by atoms with E-state index in [0.29, 0.717) is 12.4 Å². The first-order valence-electron chi connectivity index (χ1n) is 5.04. The molecule has 0 unspecified atom stereocenters. The Hall–Kier alpha value is -2.11. The van der Waals surface area contributed by atoms with Crippen LogP contribution in [0.25, 0.3) is 0 Å². The minimum Gasteiger partial charge on any atom is -0.383 e. The maximum atomic E-state index is 5.75. The summed E-state index contributed by atoms with van der Waals surface area (Å²) in [5.74, 6) is 2.00. The second-order valence-corrected chi connectivity index (χ2v) is 3.27. The van der Waals surface area contributed by atoms with E-state index < -0.39 is 0 Å². The Bertz CT molecular complexity index is 454. The number of nitrogen functional groups attached to an aromatic ring is 1. The van der Waals surface area contributed by atoms with E-state index in [1.165, 1.54) is 6.33 Å². The highest BCUT2D eigenvalue weighted by molar-refractivity contribution is 5.54. The van der Waals surface area contributed by atoms with Gasteiger partial charge in [-0.25, -0.2) is 9.97 Å². The molecule has 6 nitrogen and oxygen atoms in total. The van der Waals surface area contributed by atoms with Crippen LogP contribution in [0, 0.1) is 0 Å². The van der Waals surface area contributed by atoms with Gasteiger partial charge in [0.2, 0.25) is 0 Å². The van der Waals surface area contributed by atoms with Crippen molar-refractivity contribution in [3.05, 3.63) is 29.9 Å². The number of aromatic nitrogens is 3. The Morgan fingerprint density at radius 1 is 1.44 bits per heavy atom. The smallest absolute Gasteiger partial charge is 0.155 e. The van der Waals surface area contributed by atoms with Crippen molar-refractivity contribution in [3.63, 3.8) is 0 Å². The van der Waals surface area contributed by atoms with E-state index in [0.717, 1.165) is 23.6 Å². The second kappa shape index (κ2) is 4.61. The molecule has 0 amide bonds. The van der Waals surface area contributed by atoms with Gasteiger partial charge in [0.25, 0.3) is 0 Å². The number of anilines is 2. The third-order valence-electron chi connectivity index (χ3n) is 2.25. The Morgan fingerprint density at radius 2 is 2.31 bits per heavy atom. The third kappa shape index (κ3) is 2.10. The summed E-state index contributed by atoms with van der Waals surface area (Å²) in [6.45, 7) is 2.54. The molecule has 0 spiro atoms. The van der Waals surface area contributed by atoms with Crippen LogP contribution in [0.1, 0.15) is 18.2 Å². The fourth-order valence-corrected chi connectivity index (χ4v) is 1.43. The lowest BCUT2D eigenvalue weighted by molar-refractivity contribution is 0.388. The quantitative estimate of drug-likeness (QED) is 0.803. The average molecular weight is 219 g/mol. The summed E-state index contributed by atoms with van der Waals surface area (Å²) in [5, 5.41) is 6.76. The molecule has 0 aromatic carbocycles. The zero-order valence-corrected chi connectivity index (χ0v) is 8.97. The number of nitrogens with zero attached hydrogens (tertiary/aromatic N) is 3. The summed E-state index contributed by atoms with van der Waals surface area (Å²) in [6, 6.07) is 1.79. The SMILES string of the molecule is CCc1c(N)ncnc1NCc1ccno1. The van der Waals surface area contributed by atoms with Crippen molar-refractivity contribution in [2.45, 2.75) is 19.9 Å². The Labute approximate surface area is 92.9 Å². The molecule has 0 aliphatic carbocycles. The lowest BCUT2D eigenvalue weighted by Crippen LogP contribution is -2.07. The van der Waals surface area contributed by atoms with Crippen molar-refractivity contribution in [2.24, 2.45) is 0 Å². The van der Waals surface area contributed by atoms with Crippen molar-refractivity contribution in [2.75, 3.05) is 11.1 Å². The van der Waals surface area contributed by atoms with E-state index in [2.05, 4.69) is 20.4 Å². The van der Waals surface area contributed by atoms with Crippen molar-refractivity contribution in [3.8, 4) is 0 Å². The number of nitrogens with two attached hydrogens (primary N) is 1. The van der Waals surface area contributed by atoms with Gasteiger partial charge in [0, 0.05) is 11.6 Å². The first-order chi connectivity index (χ1) is 7.81. The van der Waals surface area contributed by atoms with Crippen LogP contribution in [0.15, 0.2) is 23.1 Å². The highest BCUT2D eigenvalue weighted by Gasteiger charge is 2.07. The van der Waals surface area contributed by atoms with Crippen molar-refractivity contribution >= 4 is 11.6 Å². The molecule has 2 rings (SSSR count). The molecule has 2 aromatic rings. The van der Waals surface area contributed by atoms with E-state index >= 15 is 0 Å². The maximum absolute atomic E-state index is 5.75. The highest BCUT2D eigenvalue weighted by Crippen LogP contribution is 2.18. The topological polar surface area (TPSA) is 89.9 Å². The van der Waals surface area contributed by atoms with Crippen molar-refractivity contribution in [1.82, 2.24) is 15.1 Å². The van der Waals surface area contributed by atoms with E-state index in [4.69, 9.17) is 10.3 Å². The number of nitrogens with one attached hydrogen (secondary N) is 1. The van der Waals surface area contributed by atoms with Crippen LogP contribution in [0.3, 0.4) is 0 Å². The van der Waals surface area contributed by atoms with E-state index in [1.807, 2.05) is 6.92 Å². The van der Waals surface area contributed by atoms with Crippen LogP contribution in [-0.2, 0) is 13.0 Å². The normalized spacial score (nSPS) is 10.3. The lowest BCUT2D eigenvalue weighted by atomic mass is 10.2. The monoisotopic (exact) mass is 219 g/mol. The predicted molar refractivity (Wildman–Crippen MR) is 59.7 cm³/mol. The summed E-state index contributed by atoms with van der Waals surface area (Å²) >= 11 is 0. The molecule has 0 aliphatic rings. The maximum Gasteiger partial charge on any atom is 0.155 e. The predicted octanol–water partition coefficient (Wildman–Crippen LogP) is 1.22. The minimum atomic E-state index is 0.512. The van der Waals surface area contributed by atoms with Gasteiger partial charge in [-0.3, -0.25) is 0 Å². The van der Waals surface area contributed by atoms with Gasteiger partial charge in [0.05, 0.1) is 12.7 Å². The molecule has 2 aromatic heterocycles. The molecule has 0 bridgehead atoms. The molecule has 0 saturated heterocycles. The molecule has 0 saturated carbocycles. The third-order valence-corrected chi connectivity index (χ3v) is 2.25. The summed E-state index contributed by atoms with van der Waals surface area (Å²) in [5.41, 5.74) is 6.67. The van der Waals surface area contributed by atoms with Gasteiger partial charge >= 0.3 is 0 Å². The Morgan fingerprint density at radius 3 is 3.00 bits per heavy atom. The number of rotatable bonds is 4. The van der Waals surface area contributed by atoms with Gasteiger partial charge in [0.15, 0.2) is 5.76 Å². The summed E-state index contributed by atoms with van der Waals surface area (Å²) in [6.07, 6.45) is 3.83. The molecule has 84 valence electrons. The minimum absolute atomic E-state index is 0.512. The van der Waals surface area contributed by atoms with Crippen LogP contribution in [0.2, 0.25) is 0 Å². The average Bonchev–Trinajstić information content (AvgIpc) is 2.79. The molecule has 3 N–H and O–H groups in total. The molecule has 16 heavy (non-hydrogen) atoms. The van der Waals surface area contributed by atoms with E-state index in [1.54, 1.807) is 12.3 Å². The zero-order chi connectivity index (χ0) is 11.4. The van der Waals surface area contributed by atoms with Gasteiger partial charge in [-0.1, -0.05) is 12.1 Å². The van der Waals surface area contributed by atoms with Crippen LogP contribution >= 0.6 is 0 Å². The fraction of sp³-hybridized carbons (Fsp3) is 0.300. The van der Waals surface area contributed by atoms with Gasteiger partial charge in [0.1, 0.15) is 18.0 Å². The first kappa shape index (κ1) is 10.4. The molecule has 0 aliphatic heterocycles. The fourth-order valence-electron chi connectivity index (χ4n) is 1.43. The molecule has 6 heteroatoms. The Balaban J connectivity index is 2.12. The molecular weight excluding hydrogens is 206 g/mol. The molecule has 2 heterocycles. The first-order valence-corrected chi connectivity index (χ1v) is 5.04. The van der Waals surface area contributed by atoms with Gasteiger partial charge in [-0.15, -0.1) is 0 Å². The van der Waals surface area contributed by atoms with Crippen molar-refractivity contribution < 1.29 is 4.52 Å². The summed E-state index contributed by atoms with van der Waals surface area (Å²) in [4.78, 5) is 8.09. The van der Waals surface area contributed by atoms with Crippen LogP contribution in [-0.4, -0.2) is 15.1 Å². The van der Waals surface area contributed by atoms with Gasteiger partial charge < -0.3 is 15.6 Å². The second-order valence-electron chi connectivity index (χ2n) is 3.27. The van der Waals surface area contributed by atoms with E-state index in [9.17, 15) is 0 Å². The Kier molecular flexibility index (Phi) is 3.00. The molecule has 0 fully saturated rings. The standard InChI is InChI=1S/C10H13N5O/c1-2-8-9(11)13-6-14-10(8)12-5-7-3-4-15-16-7/h3-4,6H,2,5H2,1H3,(H3,11,12,13,14). The largest absolute Gasteiger partial charge is 0.383 e.